The normalized spacial score (nSPS) is 12.0. The maximum Gasteiger partial charge on any atom is 0.221 e. The van der Waals surface area contributed by atoms with E-state index in [0.29, 0.717) is 13.0 Å². The lowest BCUT2D eigenvalue weighted by molar-refractivity contribution is 0.378. The highest BCUT2D eigenvalue weighted by Crippen LogP contribution is 2.23. The first-order chi connectivity index (χ1) is 7.29. The van der Waals surface area contributed by atoms with Gasteiger partial charge in [0.25, 0.3) is 0 Å². The predicted octanol–water partition coefficient (Wildman–Crippen LogP) is 2.72. The van der Waals surface area contributed by atoms with Crippen LogP contribution in [0.5, 0.6) is 0 Å². The second-order valence-corrected chi connectivity index (χ2v) is 4.44. The first-order valence-electron chi connectivity index (χ1n) is 4.76. The van der Waals surface area contributed by atoms with Crippen molar-refractivity contribution < 1.29 is 9.09 Å². The summed E-state index contributed by atoms with van der Waals surface area (Å²) in [6, 6.07) is 7.56. The summed E-state index contributed by atoms with van der Waals surface area (Å²) >= 11 is 0. The Balaban J connectivity index is 2.86. The van der Waals surface area contributed by atoms with Gasteiger partial charge in [-0.05, 0) is 18.1 Å². The Bertz CT molecular complexity index is 372. The summed E-state index contributed by atoms with van der Waals surface area (Å²) in [4.78, 5) is 0. The molecule has 3 heteroatoms. The van der Waals surface area contributed by atoms with Gasteiger partial charge in [0.15, 0.2) is 0 Å². The first kappa shape index (κ1) is 12.0. The molecular weight excluding hydrogens is 207 g/mol. The van der Waals surface area contributed by atoms with Crippen molar-refractivity contribution in [2.24, 2.45) is 0 Å². The van der Waals surface area contributed by atoms with Crippen molar-refractivity contribution in [1.82, 2.24) is 0 Å². The number of hydrogen-bond donors (Lipinski definition) is 0. The summed E-state index contributed by atoms with van der Waals surface area (Å²) < 4.78 is 16.9. The molecule has 0 amide bonds. The van der Waals surface area contributed by atoms with Gasteiger partial charge >= 0.3 is 0 Å². The maximum atomic E-state index is 11.8. The molecular formula is C12H15O2P. The Hall–Kier alpha value is -1.11. The van der Waals surface area contributed by atoms with Gasteiger partial charge in [-0.25, -0.2) is 0 Å². The molecule has 0 radical (unpaired) electrons. The van der Waals surface area contributed by atoms with E-state index in [-0.39, 0.29) is 0 Å². The molecule has 0 N–H and O–H groups in total. The lowest BCUT2D eigenvalue weighted by Gasteiger charge is -2.07. The van der Waals surface area contributed by atoms with E-state index in [2.05, 4.69) is 13.2 Å². The average molecular weight is 222 g/mol. The fraction of sp³-hybridized carbons (Fsp3) is 0.167. The van der Waals surface area contributed by atoms with E-state index in [1.54, 1.807) is 12.2 Å². The highest BCUT2D eigenvalue weighted by atomic mass is 31.1. The highest BCUT2D eigenvalue weighted by molar-refractivity contribution is 7.48. The van der Waals surface area contributed by atoms with Crippen LogP contribution in [0.2, 0.25) is 0 Å². The highest BCUT2D eigenvalue weighted by Gasteiger charge is 2.07. The lowest BCUT2D eigenvalue weighted by atomic mass is 10.1. The third-order valence-corrected chi connectivity index (χ3v) is 3.29. The molecule has 0 fully saturated rings. The molecule has 0 bridgehead atoms. The summed E-state index contributed by atoms with van der Waals surface area (Å²) in [6.07, 6.45) is 4.10. The number of allylic oxidation sites excluding steroid dienone is 1. The van der Waals surface area contributed by atoms with Gasteiger partial charge < -0.3 is 4.52 Å². The largest absolute Gasteiger partial charge is 0.323 e. The van der Waals surface area contributed by atoms with Crippen molar-refractivity contribution in [3.63, 3.8) is 0 Å². The van der Waals surface area contributed by atoms with Crippen LogP contribution in [-0.4, -0.2) is 6.61 Å². The number of rotatable bonds is 6. The van der Waals surface area contributed by atoms with Crippen LogP contribution in [0.15, 0.2) is 49.6 Å². The minimum Gasteiger partial charge on any atom is -0.323 e. The van der Waals surface area contributed by atoms with Crippen LogP contribution in [0, 0.1) is 0 Å². The molecule has 1 aromatic rings. The zero-order chi connectivity index (χ0) is 11.1. The van der Waals surface area contributed by atoms with Crippen LogP contribution in [0.4, 0.5) is 0 Å². The molecule has 0 heterocycles. The van der Waals surface area contributed by atoms with Crippen molar-refractivity contribution in [2.45, 2.75) is 6.42 Å². The molecule has 1 rings (SSSR count). The Kier molecular flexibility index (Phi) is 5.09. The van der Waals surface area contributed by atoms with Crippen LogP contribution in [-0.2, 0) is 15.5 Å². The number of benzene rings is 1. The Morgan fingerprint density at radius 2 is 2.00 bits per heavy atom. The molecule has 2 nitrogen and oxygen atoms in total. The first-order valence-corrected chi connectivity index (χ1v) is 6.08. The van der Waals surface area contributed by atoms with E-state index < -0.39 is 8.03 Å². The van der Waals surface area contributed by atoms with E-state index in [1.165, 1.54) is 0 Å². The Morgan fingerprint density at radius 3 is 2.67 bits per heavy atom. The summed E-state index contributed by atoms with van der Waals surface area (Å²) in [5, 5.41) is 0.782. The van der Waals surface area contributed by atoms with Crippen molar-refractivity contribution in [1.29, 1.82) is 0 Å². The van der Waals surface area contributed by atoms with Crippen molar-refractivity contribution in [3.05, 3.63) is 55.1 Å². The van der Waals surface area contributed by atoms with Gasteiger partial charge in [0.05, 0.1) is 6.61 Å². The molecule has 1 unspecified atom stereocenters. The van der Waals surface area contributed by atoms with Crippen molar-refractivity contribution >= 4 is 13.3 Å². The average Bonchev–Trinajstić information content (AvgIpc) is 2.27. The quantitative estimate of drug-likeness (QED) is 0.546. The van der Waals surface area contributed by atoms with Crippen LogP contribution >= 0.6 is 8.03 Å². The molecule has 15 heavy (non-hydrogen) atoms. The van der Waals surface area contributed by atoms with Crippen molar-refractivity contribution in [3.8, 4) is 0 Å². The standard InChI is InChI=1S/C12H15O2P/c1-3-7-11-8-5-6-9-12(11)15(13)14-10-4-2/h3-6,8-9,15H,1-2,7,10H2. The summed E-state index contributed by atoms with van der Waals surface area (Å²) in [5.74, 6) is 0. The van der Waals surface area contributed by atoms with Gasteiger partial charge in [-0.3, -0.25) is 4.57 Å². The van der Waals surface area contributed by atoms with Crippen LogP contribution in [0.25, 0.3) is 0 Å². The summed E-state index contributed by atoms with van der Waals surface area (Å²) in [5.41, 5.74) is 1.01. The second-order valence-electron chi connectivity index (χ2n) is 3.04. The Labute approximate surface area is 91.1 Å². The molecule has 0 saturated carbocycles. The van der Waals surface area contributed by atoms with Gasteiger partial charge in [-0.2, -0.15) is 0 Å². The van der Waals surface area contributed by atoms with E-state index in [4.69, 9.17) is 4.52 Å². The smallest absolute Gasteiger partial charge is 0.221 e. The fourth-order valence-corrected chi connectivity index (χ4v) is 2.37. The zero-order valence-electron chi connectivity index (χ0n) is 8.61. The van der Waals surface area contributed by atoms with Gasteiger partial charge in [0.1, 0.15) is 0 Å². The van der Waals surface area contributed by atoms with Gasteiger partial charge in [-0.15, -0.1) is 13.2 Å². The van der Waals surface area contributed by atoms with Crippen LogP contribution in [0.3, 0.4) is 0 Å². The topological polar surface area (TPSA) is 26.3 Å². The zero-order valence-corrected chi connectivity index (χ0v) is 9.61. The fourth-order valence-electron chi connectivity index (χ4n) is 1.27. The van der Waals surface area contributed by atoms with E-state index >= 15 is 0 Å². The van der Waals surface area contributed by atoms with E-state index in [0.717, 1.165) is 10.9 Å². The van der Waals surface area contributed by atoms with Crippen LogP contribution < -0.4 is 5.30 Å². The van der Waals surface area contributed by atoms with Gasteiger partial charge in [-0.1, -0.05) is 30.4 Å². The molecule has 0 aliphatic rings. The van der Waals surface area contributed by atoms with Gasteiger partial charge in [0.2, 0.25) is 8.03 Å². The van der Waals surface area contributed by atoms with E-state index in [1.807, 2.05) is 24.3 Å². The second kappa shape index (κ2) is 6.39. The molecule has 0 aromatic heterocycles. The number of hydrogen-bond acceptors (Lipinski definition) is 2. The molecule has 0 spiro atoms. The van der Waals surface area contributed by atoms with Crippen LogP contribution in [0.1, 0.15) is 5.56 Å². The minimum absolute atomic E-state index is 0.320. The Morgan fingerprint density at radius 1 is 1.27 bits per heavy atom. The SMILES string of the molecule is C=CCO[PH](=O)c1ccccc1CC=C. The predicted molar refractivity (Wildman–Crippen MR) is 65.1 cm³/mol. The molecule has 1 aromatic carbocycles. The molecule has 1 atom stereocenters. The minimum atomic E-state index is -2.15. The molecule has 0 aliphatic carbocycles. The third-order valence-electron chi connectivity index (χ3n) is 1.93. The molecule has 80 valence electrons. The summed E-state index contributed by atoms with van der Waals surface area (Å²) in [7, 11) is -2.15. The molecule has 0 saturated heterocycles. The van der Waals surface area contributed by atoms with Gasteiger partial charge in [0, 0.05) is 5.30 Å². The molecule has 0 aliphatic heterocycles. The lowest BCUT2D eigenvalue weighted by Crippen LogP contribution is -2.05. The monoisotopic (exact) mass is 222 g/mol. The summed E-state index contributed by atoms with van der Waals surface area (Å²) in [6.45, 7) is 7.51. The van der Waals surface area contributed by atoms with E-state index in [9.17, 15) is 4.57 Å². The third kappa shape index (κ3) is 3.50. The van der Waals surface area contributed by atoms with Crippen molar-refractivity contribution in [2.75, 3.05) is 6.61 Å². The maximum absolute atomic E-state index is 11.8.